The van der Waals surface area contributed by atoms with Crippen LogP contribution in [0.25, 0.3) is 0 Å². The molecule has 1 aromatic heterocycles. The Balaban J connectivity index is 1.16. The molecule has 0 saturated heterocycles. The number of fused-ring (bicyclic) bond motifs is 1. The molecule has 6 rings (SSSR count). The number of carbonyl (C=O) groups is 1. The van der Waals surface area contributed by atoms with Gasteiger partial charge < -0.3 is 19.7 Å². The van der Waals surface area contributed by atoms with E-state index in [2.05, 4.69) is 17.1 Å². The molecule has 1 fully saturated rings. The third-order valence-corrected chi connectivity index (χ3v) is 7.57. The van der Waals surface area contributed by atoms with E-state index in [0.29, 0.717) is 42.3 Å². The molecule has 1 amide bonds. The Morgan fingerprint density at radius 2 is 1.76 bits per heavy atom. The van der Waals surface area contributed by atoms with Gasteiger partial charge in [0.25, 0.3) is 11.5 Å². The number of benzene rings is 3. The first-order valence-corrected chi connectivity index (χ1v) is 13.0. The Bertz CT molecular complexity index is 1510. The highest BCUT2D eigenvalue weighted by Crippen LogP contribution is 2.51. The van der Waals surface area contributed by atoms with Crippen LogP contribution in [-0.2, 0) is 29.8 Å². The van der Waals surface area contributed by atoms with Gasteiger partial charge in [0, 0.05) is 13.0 Å². The van der Waals surface area contributed by atoms with E-state index >= 15 is 0 Å². The molecule has 1 saturated carbocycles. The van der Waals surface area contributed by atoms with Crippen molar-refractivity contribution in [3.63, 3.8) is 0 Å². The number of aromatic amines is 1. The number of aliphatic hydroxyl groups is 1. The lowest BCUT2D eigenvalue weighted by atomic mass is 9.94. The number of H-pyrrole nitrogens is 1. The van der Waals surface area contributed by atoms with Crippen molar-refractivity contribution in [2.45, 2.75) is 43.9 Å². The van der Waals surface area contributed by atoms with Crippen LogP contribution in [0.5, 0.6) is 5.75 Å². The molecule has 1 aliphatic heterocycles. The fourth-order valence-electron chi connectivity index (χ4n) is 5.22. The molecule has 7 nitrogen and oxygen atoms in total. The Hall–Kier alpha value is -4.23. The summed E-state index contributed by atoms with van der Waals surface area (Å²) in [5, 5.41) is 10.9. The van der Waals surface area contributed by atoms with Gasteiger partial charge in [0.05, 0.1) is 23.2 Å². The largest absolute Gasteiger partial charge is 0.489 e. The van der Waals surface area contributed by atoms with Gasteiger partial charge in [-0.3, -0.25) is 9.59 Å². The highest BCUT2D eigenvalue weighted by molar-refractivity contribution is 5.82. The van der Waals surface area contributed by atoms with E-state index in [1.807, 2.05) is 48.5 Å². The molecule has 0 radical (unpaired) electrons. The highest BCUT2D eigenvalue weighted by atomic mass is 16.5. The van der Waals surface area contributed by atoms with Crippen LogP contribution in [0.4, 0.5) is 0 Å². The number of amides is 1. The van der Waals surface area contributed by atoms with Gasteiger partial charge in [-0.25, -0.2) is 4.98 Å². The normalized spacial score (nSPS) is 16.4. The number of nitrogens with one attached hydrogen (secondary N) is 1. The number of ether oxygens (including phenoxy) is 1. The van der Waals surface area contributed by atoms with Gasteiger partial charge in [-0.15, -0.1) is 0 Å². The van der Waals surface area contributed by atoms with Crippen molar-refractivity contribution in [2.24, 2.45) is 0 Å². The average molecular weight is 508 g/mol. The van der Waals surface area contributed by atoms with Gasteiger partial charge in [-0.05, 0) is 41.7 Å². The zero-order valence-electron chi connectivity index (χ0n) is 21.0. The standard InChI is InChI=1S/C31H29N3O4/c35-27(22-10-7-13-24(18-22)38-20-21-8-3-1-4-9-21)29(37)34-17-14-26-25(19-34)28(36)33-30(32-26)31(15-16-31)23-11-5-2-6-12-23/h1-13,18,27,35H,14-17,19-20H2,(H,32,33,36). The summed E-state index contributed by atoms with van der Waals surface area (Å²) in [4.78, 5) is 35.8. The van der Waals surface area contributed by atoms with Crippen molar-refractivity contribution in [1.29, 1.82) is 0 Å². The van der Waals surface area contributed by atoms with Gasteiger partial charge in [0.2, 0.25) is 0 Å². The number of carbonyl (C=O) groups excluding carboxylic acids is 1. The van der Waals surface area contributed by atoms with Crippen LogP contribution in [-0.4, -0.2) is 32.4 Å². The fraction of sp³-hybridized carbons (Fsp3) is 0.258. The number of hydrogen-bond acceptors (Lipinski definition) is 5. The minimum Gasteiger partial charge on any atom is -0.489 e. The summed E-state index contributed by atoms with van der Waals surface area (Å²) in [7, 11) is 0. The summed E-state index contributed by atoms with van der Waals surface area (Å²) < 4.78 is 5.86. The monoisotopic (exact) mass is 507 g/mol. The first-order chi connectivity index (χ1) is 18.5. The van der Waals surface area contributed by atoms with Crippen molar-refractivity contribution in [3.8, 4) is 5.75 Å². The molecule has 1 atom stereocenters. The quantitative estimate of drug-likeness (QED) is 0.394. The zero-order valence-corrected chi connectivity index (χ0v) is 21.0. The van der Waals surface area contributed by atoms with E-state index in [0.717, 1.165) is 29.7 Å². The SMILES string of the molecule is O=C(C(O)c1cccc(OCc2ccccc2)c1)N1CCc2nc(C3(c4ccccc4)CC3)[nH]c(=O)c2C1. The summed E-state index contributed by atoms with van der Waals surface area (Å²) in [5.41, 5.74) is 3.42. The zero-order chi connectivity index (χ0) is 26.1. The van der Waals surface area contributed by atoms with E-state index in [-0.39, 0.29) is 17.5 Å². The van der Waals surface area contributed by atoms with E-state index in [1.165, 1.54) is 4.90 Å². The first kappa shape index (κ1) is 24.1. The third kappa shape index (κ3) is 4.61. The molecule has 0 bridgehead atoms. The van der Waals surface area contributed by atoms with Gasteiger partial charge in [-0.1, -0.05) is 72.8 Å². The van der Waals surface area contributed by atoms with Gasteiger partial charge in [-0.2, -0.15) is 0 Å². The van der Waals surface area contributed by atoms with Crippen molar-refractivity contribution < 1.29 is 14.6 Å². The fourth-order valence-corrected chi connectivity index (χ4v) is 5.22. The molecule has 7 heteroatoms. The minimum absolute atomic E-state index is 0.121. The lowest BCUT2D eigenvalue weighted by Gasteiger charge is -2.30. The van der Waals surface area contributed by atoms with E-state index in [4.69, 9.17) is 9.72 Å². The number of nitrogens with zero attached hydrogens (tertiary/aromatic N) is 2. The molecule has 192 valence electrons. The van der Waals surface area contributed by atoms with Crippen LogP contribution in [0.2, 0.25) is 0 Å². The molecule has 1 unspecified atom stereocenters. The maximum Gasteiger partial charge on any atom is 0.256 e. The number of aromatic nitrogens is 2. The lowest BCUT2D eigenvalue weighted by molar-refractivity contribution is -0.141. The summed E-state index contributed by atoms with van der Waals surface area (Å²) in [6, 6.07) is 26.9. The number of aliphatic hydroxyl groups excluding tert-OH is 1. The Morgan fingerprint density at radius 1 is 1.03 bits per heavy atom. The maximum absolute atomic E-state index is 13.2. The Labute approximate surface area is 220 Å². The van der Waals surface area contributed by atoms with E-state index in [1.54, 1.807) is 24.3 Å². The molecule has 3 aromatic carbocycles. The van der Waals surface area contributed by atoms with Crippen molar-refractivity contribution in [2.75, 3.05) is 6.54 Å². The molecular weight excluding hydrogens is 478 g/mol. The molecule has 2 heterocycles. The summed E-state index contributed by atoms with van der Waals surface area (Å²) in [6.07, 6.45) is 1.01. The molecule has 2 N–H and O–H groups in total. The van der Waals surface area contributed by atoms with Gasteiger partial charge in [0.15, 0.2) is 6.10 Å². The minimum atomic E-state index is -1.35. The second-order valence-electron chi connectivity index (χ2n) is 10.0. The molecular formula is C31H29N3O4. The molecule has 2 aliphatic rings. The van der Waals surface area contributed by atoms with Crippen LogP contribution in [0.3, 0.4) is 0 Å². The Morgan fingerprint density at radius 3 is 2.50 bits per heavy atom. The van der Waals surface area contributed by atoms with Gasteiger partial charge in [0.1, 0.15) is 18.2 Å². The van der Waals surface area contributed by atoms with E-state index in [9.17, 15) is 14.7 Å². The van der Waals surface area contributed by atoms with Crippen LogP contribution >= 0.6 is 0 Å². The second kappa shape index (κ2) is 9.91. The highest BCUT2D eigenvalue weighted by Gasteiger charge is 2.48. The maximum atomic E-state index is 13.2. The Kier molecular flexibility index (Phi) is 6.29. The number of rotatable bonds is 7. The molecule has 1 aliphatic carbocycles. The summed E-state index contributed by atoms with van der Waals surface area (Å²) in [5.74, 6) is 0.838. The van der Waals surface area contributed by atoms with E-state index < -0.39 is 12.0 Å². The number of hydrogen-bond donors (Lipinski definition) is 2. The van der Waals surface area contributed by atoms with Crippen LogP contribution in [0.1, 0.15) is 52.7 Å². The first-order valence-electron chi connectivity index (χ1n) is 13.0. The molecule has 4 aromatic rings. The topological polar surface area (TPSA) is 95.5 Å². The van der Waals surface area contributed by atoms with Crippen LogP contribution in [0.15, 0.2) is 89.7 Å². The third-order valence-electron chi connectivity index (χ3n) is 7.57. The lowest BCUT2D eigenvalue weighted by Crippen LogP contribution is -2.42. The molecule has 38 heavy (non-hydrogen) atoms. The van der Waals surface area contributed by atoms with Gasteiger partial charge >= 0.3 is 0 Å². The predicted octanol–water partition coefficient (Wildman–Crippen LogP) is 4.05. The van der Waals surface area contributed by atoms with Crippen molar-refractivity contribution in [3.05, 3.63) is 129 Å². The van der Waals surface area contributed by atoms with Crippen LogP contribution < -0.4 is 10.3 Å². The average Bonchev–Trinajstić information content (AvgIpc) is 3.79. The van der Waals surface area contributed by atoms with Crippen molar-refractivity contribution in [1.82, 2.24) is 14.9 Å². The second-order valence-corrected chi connectivity index (χ2v) is 10.0. The molecule has 0 spiro atoms. The summed E-state index contributed by atoms with van der Waals surface area (Å²) in [6.45, 7) is 0.901. The van der Waals surface area contributed by atoms with Crippen LogP contribution in [0, 0.1) is 0 Å². The smallest absolute Gasteiger partial charge is 0.256 e. The summed E-state index contributed by atoms with van der Waals surface area (Å²) >= 11 is 0. The predicted molar refractivity (Wildman–Crippen MR) is 143 cm³/mol. The van der Waals surface area contributed by atoms with Crippen molar-refractivity contribution >= 4 is 5.91 Å².